The topological polar surface area (TPSA) is 84.7 Å². The molecule has 0 radical (unpaired) electrons. The number of amides is 1. The number of aryl methyl sites for hydroxylation is 3. The Labute approximate surface area is 156 Å². The summed E-state index contributed by atoms with van der Waals surface area (Å²) in [5, 5.41) is 10.4. The number of aromatic nitrogens is 4. The number of rotatable bonds is 6. The van der Waals surface area contributed by atoms with Crippen molar-refractivity contribution in [3.05, 3.63) is 65.0 Å². The highest BCUT2D eigenvalue weighted by Crippen LogP contribution is 2.13. The molecule has 0 saturated heterocycles. The Morgan fingerprint density at radius 2 is 1.81 bits per heavy atom. The highest BCUT2D eigenvalue weighted by molar-refractivity contribution is 5.94. The minimum Gasteiger partial charge on any atom is -0.368 e. The SMILES string of the molecule is Cc1cc(C)n(-c2cc(NCCNC(=O)c3ccc(F)cc3)nc(C)n2)n1. The predicted molar refractivity (Wildman–Crippen MR) is 101 cm³/mol. The quantitative estimate of drug-likeness (QED) is 0.653. The lowest BCUT2D eigenvalue weighted by molar-refractivity contribution is 0.0955. The van der Waals surface area contributed by atoms with Crippen LogP contribution in [0.2, 0.25) is 0 Å². The number of anilines is 1. The molecule has 8 heteroatoms. The Kier molecular flexibility index (Phi) is 5.44. The summed E-state index contributed by atoms with van der Waals surface area (Å²) in [6.07, 6.45) is 0. The molecular weight excluding hydrogens is 347 g/mol. The predicted octanol–water partition coefficient (Wildman–Crippen LogP) is 2.57. The average Bonchev–Trinajstić information content (AvgIpc) is 2.97. The molecule has 0 aliphatic heterocycles. The summed E-state index contributed by atoms with van der Waals surface area (Å²) in [5.74, 6) is 1.34. The van der Waals surface area contributed by atoms with Gasteiger partial charge in [-0.3, -0.25) is 4.79 Å². The molecule has 0 aliphatic carbocycles. The van der Waals surface area contributed by atoms with Gasteiger partial charge in [0, 0.05) is 30.4 Å². The minimum absolute atomic E-state index is 0.251. The molecule has 2 heterocycles. The van der Waals surface area contributed by atoms with Gasteiger partial charge in [0.25, 0.3) is 5.91 Å². The highest BCUT2D eigenvalue weighted by atomic mass is 19.1. The van der Waals surface area contributed by atoms with E-state index in [1.165, 1.54) is 24.3 Å². The van der Waals surface area contributed by atoms with E-state index >= 15 is 0 Å². The highest BCUT2D eigenvalue weighted by Gasteiger charge is 2.09. The van der Waals surface area contributed by atoms with Gasteiger partial charge in [0.2, 0.25) is 0 Å². The molecule has 7 nitrogen and oxygen atoms in total. The lowest BCUT2D eigenvalue weighted by atomic mass is 10.2. The van der Waals surface area contributed by atoms with Crippen LogP contribution in [0, 0.1) is 26.6 Å². The number of hydrogen-bond acceptors (Lipinski definition) is 5. The first-order chi connectivity index (χ1) is 12.9. The first kappa shape index (κ1) is 18.5. The van der Waals surface area contributed by atoms with Gasteiger partial charge < -0.3 is 10.6 Å². The third kappa shape index (κ3) is 4.66. The Morgan fingerprint density at radius 3 is 2.48 bits per heavy atom. The zero-order chi connectivity index (χ0) is 19.4. The maximum absolute atomic E-state index is 12.9. The van der Waals surface area contributed by atoms with Gasteiger partial charge in [-0.1, -0.05) is 0 Å². The van der Waals surface area contributed by atoms with Crippen LogP contribution in [-0.2, 0) is 0 Å². The summed E-state index contributed by atoms with van der Waals surface area (Å²) in [6.45, 7) is 6.60. The van der Waals surface area contributed by atoms with Crippen molar-refractivity contribution in [2.24, 2.45) is 0 Å². The van der Waals surface area contributed by atoms with Crippen LogP contribution in [0.3, 0.4) is 0 Å². The largest absolute Gasteiger partial charge is 0.368 e. The summed E-state index contributed by atoms with van der Waals surface area (Å²) in [5.41, 5.74) is 2.32. The lowest BCUT2D eigenvalue weighted by Crippen LogP contribution is -2.29. The summed E-state index contributed by atoms with van der Waals surface area (Å²) in [7, 11) is 0. The van der Waals surface area contributed by atoms with E-state index in [1.807, 2.05) is 32.9 Å². The van der Waals surface area contributed by atoms with E-state index in [0.29, 0.717) is 36.1 Å². The second-order valence-electron chi connectivity index (χ2n) is 6.19. The summed E-state index contributed by atoms with van der Waals surface area (Å²) >= 11 is 0. The van der Waals surface area contributed by atoms with Crippen molar-refractivity contribution < 1.29 is 9.18 Å². The number of halogens is 1. The van der Waals surface area contributed by atoms with Gasteiger partial charge in [-0.15, -0.1) is 0 Å². The number of hydrogen-bond donors (Lipinski definition) is 2. The van der Waals surface area contributed by atoms with E-state index in [9.17, 15) is 9.18 Å². The van der Waals surface area contributed by atoms with E-state index < -0.39 is 0 Å². The van der Waals surface area contributed by atoms with Crippen LogP contribution in [0.5, 0.6) is 0 Å². The molecule has 1 aromatic carbocycles. The third-order valence-electron chi connectivity index (χ3n) is 3.87. The van der Waals surface area contributed by atoms with E-state index in [1.54, 1.807) is 4.68 Å². The lowest BCUT2D eigenvalue weighted by Gasteiger charge is -2.10. The number of benzene rings is 1. The summed E-state index contributed by atoms with van der Waals surface area (Å²) < 4.78 is 14.7. The van der Waals surface area contributed by atoms with Crippen LogP contribution in [0.15, 0.2) is 36.4 Å². The van der Waals surface area contributed by atoms with Crippen LogP contribution in [-0.4, -0.2) is 38.7 Å². The number of carbonyl (C=O) groups is 1. The zero-order valence-electron chi connectivity index (χ0n) is 15.5. The van der Waals surface area contributed by atoms with Gasteiger partial charge in [0.05, 0.1) is 5.69 Å². The minimum atomic E-state index is -0.370. The number of nitrogens with zero attached hydrogens (tertiary/aromatic N) is 4. The third-order valence-corrected chi connectivity index (χ3v) is 3.87. The zero-order valence-corrected chi connectivity index (χ0v) is 15.5. The first-order valence-electron chi connectivity index (χ1n) is 8.59. The Morgan fingerprint density at radius 1 is 1.07 bits per heavy atom. The van der Waals surface area contributed by atoms with Gasteiger partial charge in [-0.25, -0.2) is 19.0 Å². The molecule has 0 atom stereocenters. The van der Waals surface area contributed by atoms with Gasteiger partial charge in [0.15, 0.2) is 5.82 Å². The van der Waals surface area contributed by atoms with Gasteiger partial charge >= 0.3 is 0 Å². The molecule has 0 saturated carbocycles. The van der Waals surface area contributed by atoms with Crippen molar-refractivity contribution in [2.45, 2.75) is 20.8 Å². The molecule has 27 heavy (non-hydrogen) atoms. The van der Waals surface area contributed by atoms with Crippen LogP contribution >= 0.6 is 0 Å². The van der Waals surface area contributed by atoms with Crippen molar-refractivity contribution in [3.8, 4) is 5.82 Å². The van der Waals surface area contributed by atoms with Crippen molar-refractivity contribution in [1.82, 2.24) is 25.1 Å². The number of carbonyl (C=O) groups excluding carboxylic acids is 1. The molecule has 0 bridgehead atoms. The fourth-order valence-corrected chi connectivity index (χ4v) is 2.68. The first-order valence-corrected chi connectivity index (χ1v) is 8.59. The van der Waals surface area contributed by atoms with Gasteiger partial charge in [-0.2, -0.15) is 5.10 Å². The molecule has 0 fully saturated rings. The van der Waals surface area contributed by atoms with Crippen molar-refractivity contribution in [2.75, 3.05) is 18.4 Å². The van der Waals surface area contributed by atoms with Crippen LogP contribution in [0.1, 0.15) is 27.6 Å². The summed E-state index contributed by atoms with van der Waals surface area (Å²) in [4.78, 5) is 20.8. The van der Waals surface area contributed by atoms with Crippen LogP contribution < -0.4 is 10.6 Å². The molecule has 0 spiro atoms. The van der Waals surface area contributed by atoms with Crippen molar-refractivity contribution >= 4 is 11.7 Å². The van der Waals surface area contributed by atoms with Crippen molar-refractivity contribution in [3.63, 3.8) is 0 Å². The van der Waals surface area contributed by atoms with Crippen LogP contribution in [0.25, 0.3) is 5.82 Å². The molecule has 0 unspecified atom stereocenters. The second kappa shape index (κ2) is 7.94. The average molecular weight is 368 g/mol. The second-order valence-corrected chi connectivity index (χ2v) is 6.19. The van der Waals surface area contributed by atoms with Crippen LogP contribution in [0.4, 0.5) is 10.2 Å². The van der Waals surface area contributed by atoms with Gasteiger partial charge in [0.1, 0.15) is 17.5 Å². The molecule has 140 valence electrons. The molecule has 2 aromatic heterocycles. The standard InChI is InChI=1S/C19H21FN6O/c1-12-10-13(2)26(25-12)18-11-17(23-14(3)24-18)21-8-9-22-19(27)15-4-6-16(20)7-5-15/h4-7,10-11H,8-9H2,1-3H3,(H,22,27)(H,21,23,24). The fourth-order valence-electron chi connectivity index (χ4n) is 2.68. The smallest absolute Gasteiger partial charge is 0.251 e. The van der Waals surface area contributed by atoms with E-state index in [-0.39, 0.29) is 11.7 Å². The number of nitrogens with one attached hydrogen (secondary N) is 2. The molecule has 3 rings (SSSR count). The van der Waals surface area contributed by atoms with Crippen molar-refractivity contribution in [1.29, 1.82) is 0 Å². The fraction of sp³-hybridized carbons (Fsp3) is 0.263. The summed E-state index contributed by atoms with van der Waals surface area (Å²) in [6, 6.07) is 9.22. The molecule has 2 N–H and O–H groups in total. The molecule has 3 aromatic rings. The Balaban J connectivity index is 1.59. The molecular formula is C19H21FN6O. The Hall–Kier alpha value is -3.29. The maximum Gasteiger partial charge on any atom is 0.251 e. The normalized spacial score (nSPS) is 10.7. The maximum atomic E-state index is 12.9. The molecule has 1 amide bonds. The Bertz CT molecular complexity index is 951. The molecule has 0 aliphatic rings. The monoisotopic (exact) mass is 368 g/mol. The van der Waals surface area contributed by atoms with E-state index in [0.717, 1.165) is 11.4 Å². The van der Waals surface area contributed by atoms with E-state index in [4.69, 9.17) is 0 Å². The van der Waals surface area contributed by atoms with E-state index in [2.05, 4.69) is 25.7 Å². The van der Waals surface area contributed by atoms with Gasteiger partial charge in [-0.05, 0) is 51.1 Å².